The van der Waals surface area contributed by atoms with Gasteiger partial charge in [-0.3, -0.25) is 4.79 Å². The maximum atomic E-state index is 10.9. The Hall–Kier alpha value is -1.71. The third-order valence-corrected chi connectivity index (χ3v) is 3.30. The van der Waals surface area contributed by atoms with Crippen LogP contribution in [0.4, 0.5) is 5.69 Å². The zero-order valence-electron chi connectivity index (χ0n) is 10.6. The first-order valence-corrected chi connectivity index (χ1v) is 6.43. The van der Waals surface area contributed by atoms with Crippen LogP contribution in [0.3, 0.4) is 0 Å². The molecule has 0 aromatic heterocycles. The standard InChI is InChI=1S/C14H19NO3/c1-2-10(14(16)17)9-15-12-5-6-13-11(8-12)4-3-7-18-13/h5-6,8,10,15H,2-4,7,9H2,1H3,(H,16,17). The van der Waals surface area contributed by atoms with Gasteiger partial charge in [-0.05, 0) is 43.0 Å². The molecule has 4 nitrogen and oxygen atoms in total. The first-order valence-electron chi connectivity index (χ1n) is 6.43. The number of hydrogen-bond acceptors (Lipinski definition) is 3. The van der Waals surface area contributed by atoms with Crippen LogP contribution in [-0.2, 0) is 11.2 Å². The second kappa shape index (κ2) is 5.76. The van der Waals surface area contributed by atoms with Gasteiger partial charge in [-0.2, -0.15) is 0 Å². The molecule has 0 amide bonds. The molecule has 0 spiro atoms. The Balaban J connectivity index is 1.99. The maximum Gasteiger partial charge on any atom is 0.308 e. The van der Waals surface area contributed by atoms with Crippen molar-refractivity contribution in [2.75, 3.05) is 18.5 Å². The second-order valence-electron chi connectivity index (χ2n) is 4.60. The third-order valence-electron chi connectivity index (χ3n) is 3.30. The minimum atomic E-state index is -0.744. The zero-order chi connectivity index (χ0) is 13.0. The Labute approximate surface area is 107 Å². The highest BCUT2D eigenvalue weighted by molar-refractivity contribution is 5.70. The molecule has 4 heteroatoms. The summed E-state index contributed by atoms with van der Waals surface area (Å²) in [5, 5.41) is 12.2. The summed E-state index contributed by atoms with van der Waals surface area (Å²) >= 11 is 0. The Morgan fingerprint density at radius 1 is 1.56 bits per heavy atom. The number of benzene rings is 1. The molecule has 98 valence electrons. The van der Waals surface area contributed by atoms with Gasteiger partial charge in [-0.1, -0.05) is 6.92 Å². The Kier molecular flexibility index (Phi) is 4.07. The molecule has 1 aromatic carbocycles. The Morgan fingerprint density at radius 2 is 2.39 bits per heavy atom. The molecule has 1 unspecified atom stereocenters. The summed E-state index contributed by atoms with van der Waals surface area (Å²) in [6, 6.07) is 5.96. The molecule has 1 aliphatic heterocycles. The van der Waals surface area contributed by atoms with Gasteiger partial charge in [0.25, 0.3) is 0 Å². The van der Waals surface area contributed by atoms with E-state index in [-0.39, 0.29) is 5.92 Å². The van der Waals surface area contributed by atoms with Crippen molar-refractivity contribution in [2.45, 2.75) is 26.2 Å². The quantitative estimate of drug-likeness (QED) is 0.842. The molecule has 1 atom stereocenters. The predicted molar refractivity (Wildman–Crippen MR) is 70.2 cm³/mol. The Bertz CT molecular complexity index is 431. The van der Waals surface area contributed by atoms with E-state index in [0.29, 0.717) is 13.0 Å². The highest BCUT2D eigenvalue weighted by Crippen LogP contribution is 2.27. The number of carbonyl (C=O) groups is 1. The van der Waals surface area contributed by atoms with Crippen LogP contribution >= 0.6 is 0 Å². The molecule has 0 saturated carbocycles. The molecular weight excluding hydrogens is 230 g/mol. The van der Waals surface area contributed by atoms with Crippen LogP contribution < -0.4 is 10.1 Å². The number of nitrogens with one attached hydrogen (secondary N) is 1. The number of anilines is 1. The van der Waals surface area contributed by atoms with Gasteiger partial charge in [0.05, 0.1) is 12.5 Å². The molecule has 1 heterocycles. The minimum Gasteiger partial charge on any atom is -0.493 e. The third kappa shape index (κ3) is 2.94. The van der Waals surface area contributed by atoms with Crippen molar-refractivity contribution in [1.82, 2.24) is 0 Å². The highest BCUT2D eigenvalue weighted by atomic mass is 16.5. The van der Waals surface area contributed by atoms with Crippen molar-refractivity contribution in [3.8, 4) is 5.75 Å². The van der Waals surface area contributed by atoms with E-state index in [1.54, 1.807) is 0 Å². The zero-order valence-corrected chi connectivity index (χ0v) is 10.6. The number of aliphatic carboxylic acids is 1. The number of rotatable bonds is 5. The van der Waals surface area contributed by atoms with Crippen molar-refractivity contribution in [2.24, 2.45) is 5.92 Å². The molecule has 1 aliphatic rings. The van der Waals surface area contributed by atoms with Gasteiger partial charge in [0.2, 0.25) is 0 Å². The van der Waals surface area contributed by atoms with Gasteiger partial charge in [0, 0.05) is 12.2 Å². The highest BCUT2D eigenvalue weighted by Gasteiger charge is 2.15. The normalized spacial score (nSPS) is 15.4. The fourth-order valence-corrected chi connectivity index (χ4v) is 2.12. The first kappa shape index (κ1) is 12.7. The van der Waals surface area contributed by atoms with Crippen LogP contribution in [-0.4, -0.2) is 24.2 Å². The van der Waals surface area contributed by atoms with E-state index in [9.17, 15) is 4.79 Å². The fourth-order valence-electron chi connectivity index (χ4n) is 2.12. The van der Waals surface area contributed by atoms with Crippen LogP contribution in [0.2, 0.25) is 0 Å². The van der Waals surface area contributed by atoms with Gasteiger partial charge in [0.15, 0.2) is 0 Å². The summed E-state index contributed by atoms with van der Waals surface area (Å²) in [5.41, 5.74) is 2.17. The van der Waals surface area contributed by atoms with Crippen LogP contribution in [0.15, 0.2) is 18.2 Å². The largest absolute Gasteiger partial charge is 0.493 e. The van der Waals surface area contributed by atoms with E-state index in [4.69, 9.17) is 9.84 Å². The SMILES string of the molecule is CCC(CNc1ccc2c(c1)CCCO2)C(=O)O. The van der Waals surface area contributed by atoms with Crippen LogP contribution in [0.25, 0.3) is 0 Å². The molecule has 0 radical (unpaired) electrons. The first-order chi connectivity index (χ1) is 8.70. The van der Waals surface area contributed by atoms with Crippen LogP contribution in [0, 0.1) is 5.92 Å². The number of carboxylic acid groups (broad SMARTS) is 1. The predicted octanol–water partition coefficient (Wildman–Crippen LogP) is 2.53. The van der Waals surface area contributed by atoms with Crippen molar-refractivity contribution >= 4 is 11.7 Å². The summed E-state index contributed by atoms with van der Waals surface area (Å²) in [4.78, 5) is 10.9. The van der Waals surface area contributed by atoms with E-state index in [1.807, 2.05) is 19.1 Å². The van der Waals surface area contributed by atoms with Gasteiger partial charge in [-0.15, -0.1) is 0 Å². The summed E-state index contributed by atoms with van der Waals surface area (Å²) in [7, 11) is 0. The number of fused-ring (bicyclic) bond motifs is 1. The van der Waals surface area contributed by atoms with Crippen LogP contribution in [0.5, 0.6) is 5.75 Å². The number of aryl methyl sites for hydroxylation is 1. The van der Waals surface area contributed by atoms with Crippen LogP contribution in [0.1, 0.15) is 25.3 Å². The number of hydrogen-bond donors (Lipinski definition) is 2. The van der Waals surface area contributed by atoms with Gasteiger partial charge in [0.1, 0.15) is 5.75 Å². The lowest BCUT2D eigenvalue weighted by Gasteiger charge is -2.19. The lowest BCUT2D eigenvalue weighted by atomic mass is 10.0. The van der Waals surface area contributed by atoms with E-state index < -0.39 is 5.97 Å². The van der Waals surface area contributed by atoms with Crippen molar-refractivity contribution in [1.29, 1.82) is 0 Å². The van der Waals surface area contributed by atoms with Gasteiger partial charge in [-0.25, -0.2) is 0 Å². The molecule has 0 saturated heterocycles. The maximum absolute atomic E-state index is 10.9. The molecule has 18 heavy (non-hydrogen) atoms. The molecular formula is C14H19NO3. The van der Waals surface area contributed by atoms with Gasteiger partial charge >= 0.3 is 5.97 Å². The average Bonchev–Trinajstić information content (AvgIpc) is 2.39. The number of ether oxygens (including phenoxy) is 1. The topological polar surface area (TPSA) is 58.6 Å². The second-order valence-corrected chi connectivity index (χ2v) is 4.60. The lowest BCUT2D eigenvalue weighted by molar-refractivity contribution is -0.141. The minimum absolute atomic E-state index is 0.336. The fraction of sp³-hybridized carbons (Fsp3) is 0.500. The molecule has 2 rings (SSSR count). The number of carboxylic acids is 1. The van der Waals surface area contributed by atoms with Gasteiger partial charge < -0.3 is 15.2 Å². The smallest absolute Gasteiger partial charge is 0.308 e. The van der Waals surface area contributed by atoms with Crippen molar-refractivity contribution in [3.63, 3.8) is 0 Å². The molecule has 2 N–H and O–H groups in total. The lowest BCUT2D eigenvalue weighted by Crippen LogP contribution is -2.22. The molecule has 0 aliphatic carbocycles. The van der Waals surface area contributed by atoms with E-state index >= 15 is 0 Å². The monoisotopic (exact) mass is 249 g/mol. The average molecular weight is 249 g/mol. The summed E-state index contributed by atoms with van der Waals surface area (Å²) in [5.74, 6) is -0.124. The van der Waals surface area contributed by atoms with E-state index in [0.717, 1.165) is 30.9 Å². The van der Waals surface area contributed by atoms with E-state index in [1.165, 1.54) is 5.56 Å². The van der Waals surface area contributed by atoms with Crippen molar-refractivity contribution in [3.05, 3.63) is 23.8 Å². The van der Waals surface area contributed by atoms with E-state index in [2.05, 4.69) is 11.4 Å². The summed E-state index contributed by atoms with van der Waals surface area (Å²) in [6.07, 6.45) is 2.71. The Morgan fingerprint density at radius 3 is 3.11 bits per heavy atom. The van der Waals surface area contributed by atoms with Crippen molar-refractivity contribution < 1.29 is 14.6 Å². The summed E-state index contributed by atoms with van der Waals surface area (Å²) < 4.78 is 5.54. The molecule has 1 aromatic rings. The molecule has 0 bridgehead atoms. The summed E-state index contributed by atoms with van der Waals surface area (Å²) in [6.45, 7) is 3.14. The molecule has 0 fully saturated rings.